The molecule has 0 aliphatic carbocycles. The van der Waals surface area contributed by atoms with Crippen LogP contribution in [0.4, 0.5) is 0 Å². The summed E-state index contributed by atoms with van der Waals surface area (Å²) in [5.74, 6) is 0.0613. The normalized spacial score (nSPS) is 15.0. The number of likely N-dealkylation sites (tertiary alicyclic amines) is 1. The van der Waals surface area contributed by atoms with Gasteiger partial charge in [0.1, 0.15) is 0 Å². The zero-order valence-electron chi connectivity index (χ0n) is 13.2. The van der Waals surface area contributed by atoms with E-state index in [9.17, 15) is 4.79 Å². The highest BCUT2D eigenvalue weighted by Gasteiger charge is 2.12. The number of rotatable bonds is 6. The van der Waals surface area contributed by atoms with Gasteiger partial charge in [0.2, 0.25) is 5.91 Å². The third-order valence-electron chi connectivity index (χ3n) is 4.21. The van der Waals surface area contributed by atoms with Crippen LogP contribution in [0.1, 0.15) is 18.5 Å². The van der Waals surface area contributed by atoms with Crippen LogP contribution >= 0.6 is 11.6 Å². The predicted molar refractivity (Wildman–Crippen MR) is 93.2 cm³/mol. The summed E-state index contributed by atoms with van der Waals surface area (Å²) in [4.78, 5) is 14.6. The lowest BCUT2D eigenvalue weighted by Crippen LogP contribution is -2.34. The summed E-state index contributed by atoms with van der Waals surface area (Å²) in [5.41, 5.74) is 1.94. The summed E-state index contributed by atoms with van der Waals surface area (Å²) in [6, 6.07) is 11.6. The zero-order valence-corrected chi connectivity index (χ0v) is 13.9. The summed E-state index contributed by atoms with van der Waals surface area (Å²) >= 11 is 6.05. The average molecular weight is 332 g/mol. The lowest BCUT2D eigenvalue weighted by atomic mass is 10.2. The van der Waals surface area contributed by atoms with Gasteiger partial charge < -0.3 is 14.8 Å². The molecule has 3 rings (SSSR count). The molecule has 0 spiro atoms. The molecule has 0 radical (unpaired) electrons. The van der Waals surface area contributed by atoms with Crippen LogP contribution < -0.4 is 5.32 Å². The van der Waals surface area contributed by atoms with Gasteiger partial charge in [-0.3, -0.25) is 4.79 Å². The average Bonchev–Trinajstić information content (AvgIpc) is 3.19. The number of halogens is 1. The fourth-order valence-corrected chi connectivity index (χ4v) is 3.21. The maximum atomic E-state index is 12.2. The highest BCUT2D eigenvalue weighted by atomic mass is 35.5. The first kappa shape index (κ1) is 16.1. The Morgan fingerprint density at radius 3 is 2.78 bits per heavy atom. The molecule has 1 aliphatic heterocycles. The van der Waals surface area contributed by atoms with Gasteiger partial charge in [0.05, 0.1) is 6.42 Å². The summed E-state index contributed by atoms with van der Waals surface area (Å²) in [5, 5.41) is 3.71. The summed E-state index contributed by atoms with van der Waals surface area (Å²) in [6.45, 7) is 3.98. The lowest BCUT2D eigenvalue weighted by Gasteiger charge is -2.15. The molecule has 0 unspecified atom stereocenters. The molecule has 122 valence electrons. The minimum atomic E-state index is 0.0613. The Hall–Kier alpha value is -1.78. The van der Waals surface area contributed by atoms with E-state index in [0.29, 0.717) is 11.4 Å². The molecule has 1 amide bonds. The van der Waals surface area contributed by atoms with Crippen LogP contribution in [0.3, 0.4) is 0 Å². The molecule has 1 aromatic heterocycles. The van der Waals surface area contributed by atoms with E-state index >= 15 is 0 Å². The van der Waals surface area contributed by atoms with Gasteiger partial charge in [0.25, 0.3) is 0 Å². The Morgan fingerprint density at radius 2 is 2.00 bits per heavy atom. The van der Waals surface area contributed by atoms with Crippen LogP contribution in [-0.2, 0) is 11.2 Å². The van der Waals surface area contributed by atoms with Crippen molar-refractivity contribution in [3.8, 4) is 5.69 Å². The number of carbonyl (C=O) groups excluding carboxylic acids is 1. The van der Waals surface area contributed by atoms with Crippen LogP contribution in [0.25, 0.3) is 5.69 Å². The van der Waals surface area contributed by atoms with Crippen LogP contribution in [0.2, 0.25) is 5.02 Å². The van der Waals surface area contributed by atoms with Crippen LogP contribution in [-0.4, -0.2) is 41.6 Å². The molecular weight excluding hydrogens is 310 g/mol. The van der Waals surface area contributed by atoms with E-state index in [1.807, 2.05) is 47.2 Å². The zero-order chi connectivity index (χ0) is 16.1. The first-order chi connectivity index (χ1) is 11.2. The molecule has 0 atom stereocenters. The van der Waals surface area contributed by atoms with E-state index in [-0.39, 0.29) is 5.91 Å². The minimum Gasteiger partial charge on any atom is -0.354 e. The molecule has 1 fully saturated rings. The van der Waals surface area contributed by atoms with Crippen molar-refractivity contribution in [3.63, 3.8) is 0 Å². The van der Waals surface area contributed by atoms with Gasteiger partial charge in [-0.2, -0.15) is 0 Å². The maximum absolute atomic E-state index is 12.2. The Bertz CT molecular complexity index is 662. The lowest BCUT2D eigenvalue weighted by molar-refractivity contribution is -0.120. The number of aromatic nitrogens is 1. The first-order valence-corrected chi connectivity index (χ1v) is 8.51. The van der Waals surface area contributed by atoms with E-state index in [4.69, 9.17) is 11.6 Å². The number of hydrogen-bond acceptors (Lipinski definition) is 2. The van der Waals surface area contributed by atoms with Crippen LogP contribution in [0.15, 0.2) is 42.6 Å². The molecule has 0 saturated carbocycles. The van der Waals surface area contributed by atoms with Gasteiger partial charge in [-0.25, -0.2) is 0 Å². The van der Waals surface area contributed by atoms with Gasteiger partial charge in [-0.15, -0.1) is 0 Å². The molecule has 5 heteroatoms. The second-order valence-electron chi connectivity index (χ2n) is 5.92. The fraction of sp³-hybridized carbons (Fsp3) is 0.389. The van der Waals surface area contributed by atoms with Crippen molar-refractivity contribution in [3.05, 3.63) is 53.3 Å². The minimum absolute atomic E-state index is 0.0613. The van der Waals surface area contributed by atoms with E-state index in [1.54, 1.807) is 0 Å². The molecule has 1 aromatic carbocycles. The number of nitrogens with zero attached hydrogens (tertiary/aromatic N) is 2. The maximum Gasteiger partial charge on any atom is 0.225 e. The van der Waals surface area contributed by atoms with Gasteiger partial charge in [0, 0.05) is 35.7 Å². The third-order valence-corrected chi connectivity index (χ3v) is 4.45. The molecule has 2 aromatic rings. The number of hydrogen-bond donors (Lipinski definition) is 1. The van der Waals surface area contributed by atoms with Crippen molar-refractivity contribution in [2.75, 3.05) is 26.2 Å². The van der Waals surface area contributed by atoms with Crippen molar-refractivity contribution in [2.24, 2.45) is 0 Å². The Morgan fingerprint density at radius 1 is 1.17 bits per heavy atom. The molecule has 4 nitrogen and oxygen atoms in total. The van der Waals surface area contributed by atoms with Crippen molar-refractivity contribution < 1.29 is 4.79 Å². The van der Waals surface area contributed by atoms with E-state index in [0.717, 1.165) is 37.6 Å². The highest BCUT2D eigenvalue weighted by molar-refractivity contribution is 6.30. The van der Waals surface area contributed by atoms with Gasteiger partial charge in [-0.1, -0.05) is 17.7 Å². The Balaban J connectivity index is 1.55. The largest absolute Gasteiger partial charge is 0.354 e. The highest BCUT2D eigenvalue weighted by Crippen LogP contribution is 2.17. The Kier molecular flexibility index (Phi) is 5.36. The third kappa shape index (κ3) is 4.36. The second kappa shape index (κ2) is 7.66. The topological polar surface area (TPSA) is 37.3 Å². The van der Waals surface area contributed by atoms with E-state index < -0.39 is 0 Å². The SMILES string of the molecule is O=C(Cc1cccn1-c1cccc(Cl)c1)NCCN1CCCC1. The van der Waals surface area contributed by atoms with Gasteiger partial charge in [-0.05, 0) is 56.3 Å². The number of carbonyl (C=O) groups is 1. The van der Waals surface area contributed by atoms with Crippen molar-refractivity contribution in [1.29, 1.82) is 0 Å². The van der Waals surface area contributed by atoms with Crippen LogP contribution in [0, 0.1) is 0 Å². The van der Waals surface area contributed by atoms with Gasteiger partial charge in [0.15, 0.2) is 0 Å². The molecule has 2 heterocycles. The molecule has 23 heavy (non-hydrogen) atoms. The standard InChI is InChI=1S/C18H22ClN3O/c19-15-5-3-6-16(13-15)22-11-4-7-17(22)14-18(23)20-8-12-21-9-1-2-10-21/h3-7,11,13H,1-2,8-10,12,14H2,(H,20,23). The van der Waals surface area contributed by atoms with Crippen molar-refractivity contribution in [1.82, 2.24) is 14.8 Å². The van der Waals surface area contributed by atoms with E-state index in [1.165, 1.54) is 12.8 Å². The van der Waals surface area contributed by atoms with Crippen molar-refractivity contribution in [2.45, 2.75) is 19.3 Å². The van der Waals surface area contributed by atoms with Crippen LogP contribution in [0.5, 0.6) is 0 Å². The monoisotopic (exact) mass is 331 g/mol. The second-order valence-corrected chi connectivity index (χ2v) is 6.36. The summed E-state index contributed by atoms with van der Waals surface area (Å²) < 4.78 is 2.01. The molecule has 1 saturated heterocycles. The molecule has 0 bridgehead atoms. The summed E-state index contributed by atoms with van der Waals surface area (Å²) in [6.07, 6.45) is 4.89. The molecular formula is C18H22ClN3O. The quantitative estimate of drug-likeness (QED) is 0.883. The van der Waals surface area contributed by atoms with Gasteiger partial charge >= 0.3 is 0 Å². The Labute approximate surface area is 142 Å². The van der Waals surface area contributed by atoms with Crippen molar-refractivity contribution >= 4 is 17.5 Å². The fourth-order valence-electron chi connectivity index (χ4n) is 3.02. The number of amides is 1. The summed E-state index contributed by atoms with van der Waals surface area (Å²) in [7, 11) is 0. The van der Waals surface area contributed by atoms with E-state index in [2.05, 4.69) is 10.2 Å². The smallest absolute Gasteiger partial charge is 0.225 e. The molecule has 1 aliphatic rings. The first-order valence-electron chi connectivity index (χ1n) is 8.13. The molecule has 1 N–H and O–H groups in total. The predicted octanol–water partition coefficient (Wildman–Crippen LogP) is 2.89. The number of nitrogens with one attached hydrogen (secondary N) is 1. The number of benzene rings is 1.